The number of fused-ring (bicyclic) bond motifs is 4. The number of phosphoric acid groups is 1. The Morgan fingerprint density at radius 3 is 2.02 bits per heavy atom. The summed E-state index contributed by atoms with van der Waals surface area (Å²) in [5.41, 5.74) is 5.34. The number of aromatic nitrogens is 1. The Balaban J connectivity index is 1.17. The molecule has 1 fully saturated rings. The molecule has 2 atom stereocenters. The van der Waals surface area contributed by atoms with Gasteiger partial charge in [0.15, 0.2) is 0 Å². The number of para-hydroxylation sites is 1. The van der Waals surface area contributed by atoms with Crippen molar-refractivity contribution in [3.8, 4) is 11.1 Å². The Labute approximate surface area is 356 Å². The van der Waals surface area contributed by atoms with Gasteiger partial charge in [-0.15, -0.1) is 0 Å². The zero-order chi connectivity index (χ0) is 43.8. The quantitative estimate of drug-likeness (QED) is 0.0304. The number of aromatic amines is 1. The summed E-state index contributed by atoms with van der Waals surface area (Å²) in [6, 6.07) is 22.9. The molecular formula is C46H56N3O11P. The number of rotatable bonds is 17. The zero-order valence-electron chi connectivity index (χ0n) is 35.6. The van der Waals surface area contributed by atoms with Gasteiger partial charge in [0.25, 0.3) is 0 Å². The van der Waals surface area contributed by atoms with Gasteiger partial charge in [-0.25, -0.2) is 18.4 Å². The highest BCUT2D eigenvalue weighted by molar-refractivity contribution is 7.48. The van der Waals surface area contributed by atoms with Crippen molar-refractivity contribution in [1.29, 1.82) is 0 Å². The van der Waals surface area contributed by atoms with E-state index in [0.717, 1.165) is 50.7 Å². The van der Waals surface area contributed by atoms with Crippen LogP contribution in [0.1, 0.15) is 83.4 Å². The first-order chi connectivity index (χ1) is 29.0. The first-order valence-electron chi connectivity index (χ1n) is 20.6. The summed E-state index contributed by atoms with van der Waals surface area (Å²) in [4.78, 5) is 55.4. The molecule has 3 aromatic carbocycles. The zero-order valence-corrected chi connectivity index (χ0v) is 36.5. The van der Waals surface area contributed by atoms with Gasteiger partial charge in [0.05, 0.1) is 29.4 Å². The third-order valence-corrected chi connectivity index (χ3v) is 11.9. The molecule has 0 saturated heterocycles. The number of ether oxygens (including phenoxy) is 3. The largest absolute Gasteiger partial charge is 0.480 e. The van der Waals surface area contributed by atoms with E-state index in [1.54, 1.807) is 47.6 Å². The Kier molecular flexibility index (Phi) is 14.6. The fraction of sp³-hybridized carbons (Fsp3) is 0.435. The summed E-state index contributed by atoms with van der Waals surface area (Å²) in [5, 5.41) is 6.99. The van der Waals surface area contributed by atoms with Crippen LogP contribution in [0.4, 0.5) is 4.79 Å². The molecule has 0 radical (unpaired) electrons. The number of H-pyrrole nitrogens is 1. The van der Waals surface area contributed by atoms with E-state index in [1.807, 2.05) is 79.0 Å². The van der Waals surface area contributed by atoms with Crippen LogP contribution in [0.2, 0.25) is 0 Å². The van der Waals surface area contributed by atoms with Gasteiger partial charge in [-0.3, -0.25) is 18.9 Å². The number of carbonyl (C=O) groups excluding carboxylic acids is 4. The van der Waals surface area contributed by atoms with Gasteiger partial charge in [-0.2, -0.15) is 0 Å². The SMILES string of the molecule is CC(C)(C)C(=O)OCOP(=O)(OCOC(=O)C(C)(C)C)OC[C@@H](/C=C1\CCC[C@H]1C(=O)NCCc1c[nH]c2ccccc12)NC(=O)OCC1c2ccccc2-c2ccccc21. The van der Waals surface area contributed by atoms with Crippen LogP contribution >= 0.6 is 7.82 Å². The smallest absolute Gasteiger partial charge is 0.449 e. The number of hydrogen-bond donors (Lipinski definition) is 3. The minimum Gasteiger partial charge on any atom is -0.449 e. The molecule has 1 saturated carbocycles. The van der Waals surface area contributed by atoms with E-state index in [9.17, 15) is 23.7 Å². The van der Waals surface area contributed by atoms with E-state index in [2.05, 4.69) is 15.6 Å². The minimum absolute atomic E-state index is 0.0362. The Hall–Kier alpha value is -5.27. The number of esters is 2. The molecule has 1 aromatic heterocycles. The van der Waals surface area contributed by atoms with Gasteiger partial charge < -0.3 is 29.8 Å². The average molecular weight is 858 g/mol. The number of hydrogen-bond acceptors (Lipinski definition) is 11. The van der Waals surface area contributed by atoms with Crippen molar-refractivity contribution in [3.63, 3.8) is 0 Å². The molecule has 3 N–H and O–H groups in total. The van der Waals surface area contributed by atoms with Gasteiger partial charge in [-0.1, -0.05) is 78.4 Å². The van der Waals surface area contributed by atoms with Crippen LogP contribution in [0.15, 0.2) is 90.6 Å². The summed E-state index contributed by atoms with van der Waals surface area (Å²) in [6.07, 6.45) is 5.40. The molecule has 6 rings (SSSR count). The number of phosphoric ester groups is 1. The average Bonchev–Trinajstić information content (AvgIpc) is 3.94. The predicted molar refractivity (Wildman–Crippen MR) is 229 cm³/mol. The topological polar surface area (TPSA) is 181 Å². The third-order valence-electron chi connectivity index (χ3n) is 10.6. The molecule has 4 aromatic rings. The molecule has 326 valence electrons. The molecule has 2 aliphatic rings. The predicted octanol–water partition coefficient (Wildman–Crippen LogP) is 8.71. The minimum atomic E-state index is -4.63. The van der Waals surface area contributed by atoms with E-state index >= 15 is 0 Å². The maximum atomic E-state index is 14.0. The van der Waals surface area contributed by atoms with Gasteiger partial charge in [-0.05, 0) is 101 Å². The van der Waals surface area contributed by atoms with E-state index in [1.165, 1.54) is 0 Å². The number of benzene rings is 3. The summed E-state index contributed by atoms with van der Waals surface area (Å²) in [5.74, 6) is -2.10. The number of alkyl carbamates (subject to hydrolysis) is 1. The van der Waals surface area contributed by atoms with Crippen LogP contribution in [0.5, 0.6) is 0 Å². The van der Waals surface area contributed by atoms with Crippen molar-refractivity contribution in [2.45, 2.75) is 79.2 Å². The first-order valence-corrected chi connectivity index (χ1v) is 22.0. The molecule has 2 aliphatic carbocycles. The molecule has 1 heterocycles. The highest BCUT2D eigenvalue weighted by atomic mass is 31.2. The van der Waals surface area contributed by atoms with Crippen molar-refractivity contribution in [2.24, 2.45) is 16.7 Å². The van der Waals surface area contributed by atoms with Crippen molar-refractivity contribution >= 4 is 42.7 Å². The molecule has 2 amide bonds. The van der Waals surface area contributed by atoms with Gasteiger partial charge in [0.1, 0.15) is 6.61 Å². The van der Waals surface area contributed by atoms with Crippen LogP contribution in [0.3, 0.4) is 0 Å². The molecule has 0 unspecified atom stereocenters. The summed E-state index contributed by atoms with van der Waals surface area (Å²) < 4.78 is 46.7. The van der Waals surface area contributed by atoms with Gasteiger partial charge in [0, 0.05) is 29.6 Å². The molecule has 61 heavy (non-hydrogen) atoms. The Bertz CT molecular complexity index is 2210. The lowest BCUT2D eigenvalue weighted by molar-refractivity contribution is -0.163. The molecule has 0 bridgehead atoms. The van der Waals surface area contributed by atoms with Crippen LogP contribution in [0.25, 0.3) is 22.0 Å². The maximum Gasteiger partial charge on any atom is 0.480 e. The van der Waals surface area contributed by atoms with Crippen molar-refractivity contribution in [3.05, 3.63) is 107 Å². The maximum absolute atomic E-state index is 14.0. The Morgan fingerprint density at radius 1 is 0.803 bits per heavy atom. The van der Waals surface area contributed by atoms with E-state index in [0.29, 0.717) is 25.8 Å². The number of carbonyl (C=O) groups is 4. The lowest BCUT2D eigenvalue weighted by atomic mass is 9.98. The Morgan fingerprint density at radius 2 is 1.39 bits per heavy atom. The monoisotopic (exact) mass is 857 g/mol. The molecule has 0 aliphatic heterocycles. The van der Waals surface area contributed by atoms with Crippen molar-refractivity contribution in [2.75, 3.05) is 33.3 Å². The van der Waals surface area contributed by atoms with Gasteiger partial charge >= 0.3 is 25.9 Å². The molecule has 14 nitrogen and oxygen atoms in total. The second kappa shape index (κ2) is 19.6. The highest BCUT2D eigenvalue weighted by Gasteiger charge is 2.35. The van der Waals surface area contributed by atoms with Crippen LogP contribution in [0, 0.1) is 16.7 Å². The second-order valence-corrected chi connectivity index (χ2v) is 18.9. The fourth-order valence-electron chi connectivity index (χ4n) is 7.34. The van der Waals surface area contributed by atoms with E-state index in [-0.39, 0.29) is 18.4 Å². The normalized spacial score (nSPS) is 16.5. The molecule has 0 spiro atoms. The molecular weight excluding hydrogens is 801 g/mol. The fourth-order valence-corrected chi connectivity index (χ4v) is 8.27. The first kappa shape index (κ1) is 45.3. The number of nitrogens with one attached hydrogen (secondary N) is 3. The van der Waals surface area contributed by atoms with E-state index < -0.39 is 68.8 Å². The lowest BCUT2D eigenvalue weighted by Gasteiger charge is -2.24. The third kappa shape index (κ3) is 11.8. The summed E-state index contributed by atoms with van der Waals surface area (Å²) in [6.45, 7) is 8.22. The summed E-state index contributed by atoms with van der Waals surface area (Å²) in [7, 11) is -4.63. The van der Waals surface area contributed by atoms with Crippen LogP contribution in [-0.4, -0.2) is 68.3 Å². The van der Waals surface area contributed by atoms with Crippen LogP contribution in [-0.2, 0) is 53.2 Å². The lowest BCUT2D eigenvalue weighted by Crippen LogP contribution is -2.39. The van der Waals surface area contributed by atoms with Crippen LogP contribution < -0.4 is 10.6 Å². The molecule has 15 heteroatoms. The van der Waals surface area contributed by atoms with Crippen molar-refractivity contribution < 1.29 is 51.5 Å². The van der Waals surface area contributed by atoms with Gasteiger partial charge in [0.2, 0.25) is 19.5 Å². The summed E-state index contributed by atoms with van der Waals surface area (Å²) >= 11 is 0. The van der Waals surface area contributed by atoms with E-state index in [4.69, 9.17) is 27.8 Å². The number of amides is 2. The van der Waals surface area contributed by atoms with Crippen molar-refractivity contribution in [1.82, 2.24) is 15.6 Å². The standard InChI is InChI=1S/C46H56N3O11P/c1-45(2,3)42(51)56-28-59-61(54,60-29-57-43(52)46(4,5)6)58-26-32(49-44(53)55-27-39-37-18-9-7-16-35(37)36-17-8-10-19-38(36)39)24-30-14-13-20-34(30)41(50)47-23-22-31-25-48-40-21-12-11-15-33(31)40/h7-12,15-19,21,24-25,32,34,39,48H,13-14,20,22-23,26-29H2,1-6H3,(H,47,50)(H,49,53)/b30-24+/t32-,34-/m1/s1. The highest BCUT2D eigenvalue weighted by Crippen LogP contribution is 2.50. The second-order valence-electron chi connectivity index (χ2n) is 17.3.